The van der Waals surface area contributed by atoms with Gasteiger partial charge in [-0.2, -0.15) is 0 Å². The Kier molecular flexibility index (Phi) is 5.81. The molecule has 8 heteroatoms. The zero-order valence-electron chi connectivity index (χ0n) is 15.2. The van der Waals surface area contributed by atoms with E-state index in [2.05, 4.69) is 15.3 Å². The Morgan fingerprint density at radius 2 is 1.54 bits per heavy atom. The molecule has 1 N–H and O–H groups in total. The first-order valence-electron chi connectivity index (χ1n) is 8.23. The van der Waals surface area contributed by atoms with Gasteiger partial charge in [0.25, 0.3) is 5.91 Å². The quantitative estimate of drug-likeness (QED) is 0.656. The zero-order chi connectivity index (χ0) is 19.9. The van der Waals surface area contributed by atoms with Crippen molar-refractivity contribution in [3.63, 3.8) is 0 Å². The summed E-state index contributed by atoms with van der Waals surface area (Å²) in [5.74, 6) is 0.222. The lowest BCUT2D eigenvalue weighted by Gasteiger charge is -2.09. The summed E-state index contributed by atoms with van der Waals surface area (Å²) in [5.41, 5.74) is 0.790. The highest BCUT2D eigenvalue weighted by atomic mass is 16.5. The topological polar surface area (TPSA) is 99.6 Å². The third-order valence-corrected chi connectivity index (χ3v) is 3.74. The van der Waals surface area contributed by atoms with Crippen molar-refractivity contribution in [1.82, 2.24) is 9.97 Å². The van der Waals surface area contributed by atoms with Crippen molar-refractivity contribution in [2.45, 2.75) is 0 Å². The lowest BCUT2D eigenvalue weighted by atomic mass is 10.1. The number of carbonyl (C=O) groups is 2. The molecule has 1 heterocycles. The lowest BCUT2D eigenvalue weighted by Crippen LogP contribution is -2.16. The third-order valence-electron chi connectivity index (χ3n) is 3.74. The van der Waals surface area contributed by atoms with Crippen LogP contribution in [-0.2, 0) is 4.74 Å². The number of aromatic nitrogens is 2. The SMILES string of the molecule is COC(=O)c1ccccc1NC(=O)c1cnc(Oc2ccc(OC)cc2)nc1. The number of amides is 1. The van der Waals surface area contributed by atoms with E-state index in [1.807, 2.05) is 0 Å². The van der Waals surface area contributed by atoms with Crippen LogP contribution in [0.15, 0.2) is 60.9 Å². The minimum atomic E-state index is -0.546. The van der Waals surface area contributed by atoms with E-state index < -0.39 is 11.9 Å². The summed E-state index contributed by atoms with van der Waals surface area (Å²) in [5, 5.41) is 2.65. The molecule has 3 rings (SSSR count). The maximum atomic E-state index is 12.4. The molecule has 0 radical (unpaired) electrons. The van der Waals surface area contributed by atoms with Crippen molar-refractivity contribution in [2.24, 2.45) is 0 Å². The molecule has 0 fully saturated rings. The standard InChI is InChI=1S/C20H17N3O5/c1-26-14-7-9-15(10-8-14)28-20-21-11-13(12-22-20)18(24)23-17-6-4-3-5-16(17)19(25)27-2/h3-12H,1-2H3,(H,23,24). The number of rotatable bonds is 6. The van der Waals surface area contributed by atoms with Crippen molar-refractivity contribution in [2.75, 3.05) is 19.5 Å². The Labute approximate surface area is 161 Å². The molecule has 0 unspecified atom stereocenters. The first-order valence-corrected chi connectivity index (χ1v) is 8.23. The van der Waals surface area contributed by atoms with Crippen LogP contribution in [0.5, 0.6) is 17.5 Å². The minimum Gasteiger partial charge on any atom is -0.497 e. The summed E-state index contributed by atoms with van der Waals surface area (Å²) in [7, 11) is 2.85. The average Bonchev–Trinajstić information content (AvgIpc) is 2.74. The van der Waals surface area contributed by atoms with Crippen molar-refractivity contribution >= 4 is 17.6 Å². The van der Waals surface area contributed by atoms with Gasteiger partial charge in [-0.1, -0.05) is 12.1 Å². The number of nitrogens with zero attached hydrogens (tertiary/aromatic N) is 2. The van der Waals surface area contributed by atoms with Crippen molar-refractivity contribution in [3.05, 3.63) is 72.1 Å². The van der Waals surface area contributed by atoms with E-state index in [-0.39, 0.29) is 17.1 Å². The van der Waals surface area contributed by atoms with Crippen LogP contribution in [0.2, 0.25) is 0 Å². The number of ether oxygens (including phenoxy) is 3. The average molecular weight is 379 g/mol. The molecule has 0 aliphatic rings. The maximum Gasteiger partial charge on any atom is 0.339 e. The minimum absolute atomic E-state index is 0.0941. The van der Waals surface area contributed by atoms with E-state index in [1.54, 1.807) is 55.6 Å². The summed E-state index contributed by atoms with van der Waals surface area (Å²) in [4.78, 5) is 32.3. The Hall–Kier alpha value is -3.94. The van der Waals surface area contributed by atoms with E-state index in [1.165, 1.54) is 19.5 Å². The molecule has 0 bridgehead atoms. The van der Waals surface area contributed by atoms with Gasteiger partial charge in [-0.15, -0.1) is 0 Å². The first kappa shape index (κ1) is 18.8. The van der Waals surface area contributed by atoms with Gasteiger partial charge in [0.1, 0.15) is 11.5 Å². The fraction of sp³-hybridized carbons (Fsp3) is 0.100. The van der Waals surface area contributed by atoms with Crippen LogP contribution in [0.25, 0.3) is 0 Å². The Morgan fingerprint density at radius 3 is 2.18 bits per heavy atom. The fourth-order valence-electron chi connectivity index (χ4n) is 2.31. The van der Waals surface area contributed by atoms with Crippen LogP contribution in [0, 0.1) is 0 Å². The number of anilines is 1. The van der Waals surface area contributed by atoms with E-state index in [0.29, 0.717) is 17.2 Å². The molecule has 1 aromatic heterocycles. The van der Waals surface area contributed by atoms with Gasteiger partial charge in [0.15, 0.2) is 0 Å². The van der Waals surface area contributed by atoms with E-state index in [0.717, 1.165) is 0 Å². The van der Waals surface area contributed by atoms with E-state index >= 15 is 0 Å². The zero-order valence-corrected chi connectivity index (χ0v) is 15.2. The highest BCUT2D eigenvalue weighted by molar-refractivity contribution is 6.07. The molecule has 0 aliphatic carbocycles. The number of methoxy groups -OCH3 is 2. The number of hydrogen-bond acceptors (Lipinski definition) is 7. The van der Waals surface area contributed by atoms with Gasteiger partial charge >= 0.3 is 12.0 Å². The third kappa shape index (κ3) is 4.42. The summed E-state index contributed by atoms with van der Waals surface area (Å²) < 4.78 is 15.3. The Bertz CT molecular complexity index is 972. The van der Waals surface area contributed by atoms with Crippen LogP contribution in [0.4, 0.5) is 5.69 Å². The molecule has 0 aliphatic heterocycles. The summed E-state index contributed by atoms with van der Waals surface area (Å²) in [6.07, 6.45) is 2.67. The van der Waals surface area contributed by atoms with Crippen LogP contribution >= 0.6 is 0 Å². The molecule has 0 atom stereocenters. The molecule has 0 saturated carbocycles. The fourth-order valence-corrected chi connectivity index (χ4v) is 2.31. The van der Waals surface area contributed by atoms with Gasteiger partial charge < -0.3 is 19.5 Å². The molecule has 142 valence electrons. The van der Waals surface area contributed by atoms with Crippen LogP contribution in [0.3, 0.4) is 0 Å². The molecule has 0 spiro atoms. The number of esters is 1. The lowest BCUT2D eigenvalue weighted by molar-refractivity contribution is 0.0602. The van der Waals surface area contributed by atoms with Crippen molar-refractivity contribution in [1.29, 1.82) is 0 Å². The highest BCUT2D eigenvalue weighted by Gasteiger charge is 2.15. The van der Waals surface area contributed by atoms with Crippen LogP contribution < -0.4 is 14.8 Å². The van der Waals surface area contributed by atoms with E-state index in [4.69, 9.17) is 14.2 Å². The second-order valence-electron chi connectivity index (χ2n) is 5.52. The molecular weight excluding hydrogens is 362 g/mol. The number of hydrogen-bond donors (Lipinski definition) is 1. The number of para-hydroxylation sites is 1. The van der Waals surface area contributed by atoms with Crippen molar-refractivity contribution < 1.29 is 23.8 Å². The monoisotopic (exact) mass is 379 g/mol. The molecule has 2 aromatic carbocycles. The van der Waals surface area contributed by atoms with Gasteiger partial charge in [-0.3, -0.25) is 4.79 Å². The van der Waals surface area contributed by atoms with Gasteiger partial charge in [-0.05, 0) is 36.4 Å². The van der Waals surface area contributed by atoms with Gasteiger partial charge in [0.2, 0.25) is 0 Å². The molecule has 0 saturated heterocycles. The van der Waals surface area contributed by atoms with Crippen LogP contribution in [-0.4, -0.2) is 36.1 Å². The number of nitrogens with one attached hydrogen (secondary N) is 1. The summed E-state index contributed by atoms with van der Waals surface area (Å²) >= 11 is 0. The second kappa shape index (κ2) is 8.63. The van der Waals surface area contributed by atoms with Gasteiger partial charge in [-0.25, -0.2) is 14.8 Å². The molecule has 8 nitrogen and oxygen atoms in total. The Morgan fingerprint density at radius 1 is 0.893 bits per heavy atom. The normalized spacial score (nSPS) is 10.1. The largest absolute Gasteiger partial charge is 0.497 e. The maximum absolute atomic E-state index is 12.4. The molecular formula is C20H17N3O5. The van der Waals surface area contributed by atoms with Crippen LogP contribution in [0.1, 0.15) is 20.7 Å². The first-order chi connectivity index (χ1) is 13.6. The predicted octanol–water partition coefficient (Wildman–Crippen LogP) is 3.32. The summed E-state index contributed by atoms with van der Waals surface area (Å²) in [6, 6.07) is 13.6. The Balaban J connectivity index is 1.69. The smallest absolute Gasteiger partial charge is 0.339 e. The molecule has 3 aromatic rings. The number of benzene rings is 2. The molecule has 1 amide bonds. The summed E-state index contributed by atoms with van der Waals surface area (Å²) in [6.45, 7) is 0. The number of carbonyl (C=O) groups excluding carboxylic acids is 2. The van der Waals surface area contributed by atoms with Crippen molar-refractivity contribution in [3.8, 4) is 17.5 Å². The van der Waals surface area contributed by atoms with Gasteiger partial charge in [0, 0.05) is 12.4 Å². The predicted molar refractivity (Wildman–Crippen MR) is 101 cm³/mol. The second-order valence-corrected chi connectivity index (χ2v) is 5.52. The molecule has 28 heavy (non-hydrogen) atoms. The van der Waals surface area contributed by atoms with E-state index in [9.17, 15) is 9.59 Å². The highest BCUT2D eigenvalue weighted by Crippen LogP contribution is 2.21. The van der Waals surface area contributed by atoms with Gasteiger partial charge in [0.05, 0.1) is 31.0 Å².